The lowest BCUT2D eigenvalue weighted by Crippen LogP contribution is -2.16. The Hall–Kier alpha value is -0.810. The van der Waals surface area contributed by atoms with Gasteiger partial charge in [-0.15, -0.1) is 0 Å². The van der Waals surface area contributed by atoms with E-state index in [4.69, 9.17) is 4.74 Å². The summed E-state index contributed by atoms with van der Waals surface area (Å²) in [6.07, 6.45) is 0. The fourth-order valence-corrected chi connectivity index (χ4v) is 3.84. The molecule has 0 aromatic heterocycles. The molecule has 1 N–H and O–H groups in total. The monoisotopic (exact) mass is 269 g/mol. The van der Waals surface area contributed by atoms with E-state index < -0.39 is 0 Å². The fraction of sp³-hybridized carbons (Fsp3) is 0.417. The third-order valence-electron chi connectivity index (χ3n) is 2.46. The summed E-state index contributed by atoms with van der Waals surface area (Å²) in [4.78, 5) is 11.2. The van der Waals surface area contributed by atoms with E-state index in [9.17, 15) is 4.79 Å². The predicted octanol–water partition coefficient (Wildman–Crippen LogP) is 3.06. The highest BCUT2D eigenvalue weighted by atomic mass is 33.1. The minimum atomic E-state index is -0.213. The molecule has 1 heterocycles. The van der Waals surface area contributed by atoms with Gasteiger partial charge in [0, 0.05) is 17.2 Å². The Balaban J connectivity index is 1.95. The van der Waals surface area contributed by atoms with Crippen molar-refractivity contribution < 1.29 is 9.53 Å². The third kappa shape index (κ3) is 3.57. The molecule has 0 bridgehead atoms. The zero-order valence-electron chi connectivity index (χ0n) is 9.69. The molecule has 0 amide bonds. The molecule has 1 aromatic rings. The largest absolute Gasteiger partial charge is 0.465 e. The minimum absolute atomic E-state index is 0.213. The quantitative estimate of drug-likeness (QED) is 0.672. The first-order chi connectivity index (χ1) is 8.29. The number of nitrogens with one attached hydrogen (secondary N) is 1. The average Bonchev–Trinajstić information content (AvgIpc) is 2.36. The standard InChI is InChI=1S/C12H15NO2S2/c1-2-15-12(14)6-13-11-4-3-9-7-16-17-8-10(9)5-11/h3-5,13H,2,6-8H2,1H3. The zero-order chi connectivity index (χ0) is 12.1. The van der Waals surface area contributed by atoms with Gasteiger partial charge in [0.05, 0.1) is 6.61 Å². The molecule has 5 heteroatoms. The summed E-state index contributed by atoms with van der Waals surface area (Å²) in [5.74, 6) is 1.89. The summed E-state index contributed by atoms with van der Waals surface area (Å²) < 4.78 is 4.87. The van der Waals surface area contributed by atoms with Crippen LogP contribution in [-0.2, 0) is 21.0 Å². The van der Waals surface area contributed by atoms with Gasteiger partial charge in [0.25, 0.3) is 0 Å². The van der Waals surface area contributed by atoms with Crippen molar-refractivity contribution in [3.05, 3.63) is 29.3 Å². The lowest BCUT2D eigenvalue weighted by atomic mass is 10.1. The molecule has 1 aliphatic rings. The molecule has 1 aromatic carbocycles. The second-order valence-corrected chi connectivity index (χ2v) is 6.13. The topological polar surface area (TPSA) is 38.3 Å². The van der Waals surface area contributed by atoms with Crippen LogP contribution in [0.4, 0.5) is 5.69 Å². The van der Waals surface area contributed by atoms with Crippen molar-refractivity contribution in [2.24, 2.45) is 0 Å². The summed E-state index contributed by atoms with van der Waals surface area (Å²) >= 11 is 0. The first kappa shape index (κ1) is 12.6. The third-order valence-corrected chi connectivity index (χ3v) is 4.69. The van der Waals surface area contributed by atoms with E-state index in [1.165, 1.54) is 11.1 Å². The number of anilines is 1. The van der Waals surface area contributed by atoms with E-state index in [2.05, 4.69) is 17.4 Å². The van der Waals surface area contributed by atoms with Crippen LogP contribution in [-0.4, -0.2) is 19.1 Å². The molecule has 2 rings (SSSR count). The van der Waals surface area contributed by atoms with Crippen LogP contribution < -0.4 is 5.32 Å². The van der Waals surface area contributed by atoms with Crippen LogP contribution in [0.2, 0.25) is 0 Å². The van der Waals surface area contributed by atoms with Crippen molar-refractivity contribution in [3.8, 4) is 0 Å². The number of fused-ring (bicyclic) bond motifs is 1. The van der Waals surface area contributed by atoms with E-state index in [-0.39, 0.29) is 12.5 Å². The van der Waals surface area contributed by atoms with Gasteiger partial charge in [-0.05, 0) is 30.2 Å². The van der Waals surface area contributed by atoms with Gasteiger partial charge in [0.2, 0.25) is 0 Å². The van der Waals surface area contributed by atoms with Crippen molar-refractivity contribution >= 4 is 33.2 Å². The van der Waals surface area contributed by atoms with Crippen LogP contribution in [0.3, 0.4) is 0 Å². The first-order valence-corrected chi connectivity index (χ1v) is 8.04. The Bertz CT molecular complexity index is 409. The lowest BCUT2D eigenvalue weighted by Gasteiger charge is -2.16. The minimum Gasteiger partial charge on any atom is -0.465 e. The molecule has 3 nitrogen and oxygen atoms in total. The predicted molar refractivity (Wildman–Crippen MR) is 74.2 cm³/mol. The molecule has 0 saturated carbocycles. The SMILES string of the molecule is CCOC(=O)CNc1ccc2c(c1)CSSC2. The maximum atomic E-state index is 11.2. The van der Waals surface area contributed by atoms with E-state index in [0.717, 1.165) is 17.2 Å². The van der Waals surface area contributed by atoms with E-state index >= 15 is 0 Å². The van der Waals surface area contributed by atoms with Gasteiger partial charge in [-0.1, -0.05) is 27.7 Å². The molecule has 0 spiro atoms. The molecule has 92 valence electrons. The summed E-state index contributed by atoms with van der Waals surface area (Å²) in [6, 6.07) is 6.28. The van der Waals surface area contributed by atoms with Gasteiger partial charge in [-0.3, -0.25) is 4.79 Å². The summed E-state index contributed by atoms with van der Waals surface area (Å²) in [6.45, 7) is 2.47. The number of esters is 1. The Kier molecular flexibility index (Phi) is 4.62. The number of carbonyl (C=O) groups excluding carboxylic acids is 1. The van der Waals surface area contributed by atoms with Gasteiger partial charge in [0.1, 0.15) is 6.54 Å². The molecular weight excluding hydrogens is 254 g/mol. The van der Waals surface area contributed by atoms with Crippen LogP contribution in [0.1, 0.15) is 18.1 Å². The normalized spacial score (nSPS) is 13.9. The Labute approximate surface area is 109 Å². The molecule has 17 heavy (non-hydrogen) atoms. The summed E-state index contributed by atoms with van der Waals surface area (Å²) in [7, 11) is 3.77. The zero-order valence-corrected chi connectivity index (χ0v) is 11.3. The molecule has 0 unspecified atom stereocenters. The lowest BCUT2D eigenvalue weighted by molar-refractivity contribution is -0.140. The Morgan fingerprint density at radius 2 is 2.12 bits per heavy atom. The summed E-state index contributed by atoms with van der Waals surface area (Å²) in [5.41, 5.74) is 3.75. The highest BCUT2D eigenvalue weighted by Gasteiger charge is 2.10. The molecule has 1 aliphatic heterocycles. The van der Waals surface area contributed by atoms with Crippen LogP contribution in [0.15, 0.2) is 18.2 Å². The average molecular weight is 269 g/mol. The van der Waals surface area contributed by atoms with Crippen molar-refractivity contribution in [1.82, 2.24) is 0 Å². The molecular formula is C12H15NO2S2. The number of ether oxygens (including phenoxy) is 1. The van der Waals surface area contributed by atoms with Gasteiger partial charge < -0.3 is 10.1 Å². The van der Waals surface area contributed by atoms with Gasteiger partial charge in [-0.25, -0.2) is 0 Å². The molecule has 0 atom stereocenters. The second-order valence-electron chi connectivity index (χ2n) is 3.67. The number of hydrogen-bond donors (Lipinski definition) is 1. The van der Waals surface area contributed by atoms with E-state index in [1.54, 1.807) is 0 Å². The molecule has 0 saturated heterocycles. The fourth-order valence-electron chi connectivity index (χ4n) is 1.61. The van der Waals surface area contributed by atoms with Crippen molar-refractivity contribution in [2.45, 2.75) is 18.4 Å². The highest BCUT2D eigenvalue weighted by Crippen LogP contribution is 2.37. The number of benzene rings is 1. The van der Waals surface area contributed by atoms with E-state index in [0.29, 0.717) is 6.61 Å². The Morgan fingerprint density at radius 3 is 2.88 bits per heavy atom. The smallest absolute Gasteiger partial charge is 0.325 e. The number of hydrogen-bond acceptors (Lipinski definition) is 5. The van der Waals surface area contributed by atoms with Crippen LogP contribution in [0, 0.1) is 0 Å². The molecule has 0 radical (unpaired) electrons. The van der Waals surface area contributed by atoms with Crippen LogP contribution in [0.25, 0.3) is 0 Å². The van der Waals surface area contributed by atoms with Crippen LogP contribution in [0.5, 0.6) is 0 Å². The Morgan fingerprint density at radius 1 is 1.35 bits per heavy atom. The van der Waals surface area contributed by atoms with Gasteiger partial charge in [-0.2, -0.15) is 0 Å². The summed E-state index contributed by atoms with van der Waals surface area (Å²) in [5, 5.41) is 3.09. The van der Waals surface area contributed by atoms with E-state index in [1.807, 2.05) is 34.6 Å². The van der Waals surface area contributed by atoms with Gasteiger partial charge >= 0.3 is 5.97 Å². The van der Waals surface area contributed by atoms with Crippen LogP contribution >= 0.6 is 21.6 Å². The van der Waals surface area contributed by atoms with Crippen molar-refractivity contribution in [1.29, 1.82) is 0 Å². The highest BCUT2D eigenvalue weighted by molar-refractivity contribution is 8.76. The van der Waals surface area contributed by atoms with Gasteiger partial charge in [0.15, 0.2) is 0 Å². The molecule has 0 fully saturated rings. The maximum absolute atomic E-state index is 11.2. The molecule has 0 aliphatic carbocycles. The second kappa shape index (κ2) is 6.21. The van der Waals surface area contributed by atoms with Crippen molar-refractivity contribution in [3.63, 3.8) is 0 Å². The number of rotatable bonds is 4. The maximum Gasteiger partial charge on any atom is 0.325 e. The number of carbonyl (C=O) groups is 1. The first-order valence-electron chi connectivity index (χ1n) is 5.55. The van der Waals surface area contributed by atoms with Crippen molar-refractivity contribution in [2.75, 3.05) is 18.5 Å².